The van der Waals surface area contributed by atoms with E-state index >= 15 is 0 Å². The summed E-state index contributed by atoms with van der Waals surface area (Å²) in [6, 6.07) is 4.00. The van der Waals surface area contributed by atoms with Crippen LogP contribution in [0.4, 0.5) is 0 Å². The number of piperidine rings is 1. The Balaban J connectivity index is 1.78. The molecule has 0 radical (unpaired) electrons. The number of rotatable bonds is 4. The molecule has 7 heteroatoms. The first kappa shape index (κ1) is 14.7. The number of amides is 1. The fourth-order valence-electron chi connectivity index (χ4n) is 2.96. The summed E-state index contributed by atoms with van der Waals surface area (Å²) >= 11 is 0. The highest BCUT2D eigenvalue weighted by molar-refractivity contribution is 5.76. The zero-order valence-corrected chi connectivity index (χ0v) is 13.0. The van der Waals surface area contributed by atoms with Gasteiger partial charge in [0, 0.05) is 13.0 Å². The van der Waals surface area contributed by atoms with Crippen LogP contribution in [0.25, 0.3) is 0 Å². The van der Waals surface area contributed by atoms with Gasteiger partial charge in [0.05, 0.1) is 6.04 Å². The van der Waals surface area contributed by atoms with Crippen molar-refractivity contribution in [1.29, 1.82) is 0 Å². The maximum Gasteiger partial charge on any atom is 0.245 e. The molecule has 0 N–H and O–H groups in total. The lowest BCUT2D eigenvalue weighted by Crippen LogP contribution is -2.42. The lowest BCUT2D eigenvalue weighted by Gasteiger charge is -2.37. The van der Waals surface area contributed by atoms with Crippen molar-refractivity contribution < 1.29 is 9.21 Å². The highest BCUT2D eigenvalue weighted by Crippen LogP contribution is 2.35. The Bertz CT molecular complexity index is 622. The van der Waals surface area contributed by atoms with Gasteiger partial charge in [0.25, 0.3) is 0 Å². The second kappa shape index (κ2) is 6.29. The number of carbonyl (C=O) groups is 1. The van der Waals surface area contributed by atoms with Crippen LogP contribution in [0.5, 0.6) is 0 Å². The Labute approximate surface area is 129 Å². The Hall–Kier alpha value is -2.18. The molecule has 2 aromatic heterocycles. The molecular formula is C15H21N5O2. The molecule has 22 heavy (non-hydrogen) atoms. The smallest absolute Gasteiger partial charge is 0.245 e. The highest BCUT2D eigenvalue weighted by atomic mass is 16.3. The third-order valence-electron chi connectivity index (χ3n) is 4.23. The molecule has 0 aromatic carbocycles. The number of aryl methyl sites for hydroxylation is 1. The van der Waals surface area contributed by atoms with Crippen LogP contribution in [0.15, 0.2) is 22.9 Å². The molecular weight excluding hydrogens is 282 g/mol. The topological polar surface area (TPSA) is 77.1 Å². The molecule has 0 spiro atoms. The third kappa shape index (κ3) is 3.03. The molecule has 0 saturated carbocycles. The number of carbonyl (C=O) groups excluding carboxylic acids is 1. The van der Waals surface area contributed by atoms with Crippen molar-refractivity contribution in [1.82, 2.24) is 25.1 Å². The lowest BCUT2D eigenvalue weighted by molar-refractivity contribution is -0.137. The van der Waals surface area contributed by atoms with E-state index in [4.69, 9.17) is 4.42 Å². The van der Waals surface area contributed by atoms with Crippen molar-refractivity contribution in [2.24, 2.45) is 5.92 Å². The number of aromatic nitrogens is 4. The Kier molecular flexibility index (Phi) is 4.22. The molecule has 1 aliphatic rings. The summed E-state index contributed by atoms with van der Waals surface area (Å²) in [5, 5.41) is 10.9. The quantitative estimate of drug-likeness (QED) is 0.861. The maximum atomic E-state index is 12.6. The van der Waals surface area contributed by atoms with Gasteiger partial charge in [-0.1, -0.05) is 13.8 Å². The fraction of sp³-hybridized carbons (Fsp3) is 0.600. The molecule has 3 heterocycles. The lowest BCUT2D eigenvalue weighted by atomic mass is 9.91. The zero-order chi connectivity index (χ0) is 15.5. The van der Waals surface area contributed by atoms with Crippen molar-refractivity contribution in [3.63, 3.8) is 0 Å². The normalized spacial score (nSPS) is 22.0. The van der Waals surface area contributed by atoms with Gasteiger partial charge in [-0.2, -0.15) is 0 Å². The molecule has 1 aliphatic heterocycles. The number of nitrogens with zero attached hydrogens (tertiary/aromatic N) is 5. The summed E-state index contributed by atoms with van der Waals surface area (Å²) in [6.45, 7) is 5.20. The largest absolute Gasteiger partial charge is 0.464 e. The Morgan fingerprint density at radius 3 is 3.00 bits per heavy atom. The molecule has 1 fully saturated rings. The summed E-state index contributed by atoms with van der Waals surface area (Å²) in [4.78, 5) is 14.5. The van der Waals surface area contributed by atoms with Gasteiger partial charge < -0.3 is 9.32 Å². The van der Waals surface area contributed by atoms with Gasteiger partial charge in [0.1, 0.15) is 24.4 Å². The van der Waals surface area contributed by atoms with Gasteiger partial charge in [-0.05, 0) is 41.3 Å². The molecule has 0 unspecified atom stereocenters. The predicted octanol–water partition coefficient (Wildman–Crippen LogP) is 1.83. The van der Waals surface area contributed by atoms with Gasteiger partial charge in [0.2, 0.25) is 5.91 Å². The zero-order valence-electron chi connectivity index (χ0n) is 13.0. The minimum atomic E-state index is 0.00744. The summed E-state index contributed by atoms with van der Waals surface area (Å²) in [7, 11) is 0. The SMILES string of the molecule is CCc1ccc([C@H]2C[C@H](C)CCN2C(=O)Cn2cnnn2)o1. The number of furan rings is 1. The molecule has 118 valence electrons. The van der Waals surface area contributed by atoms with E-state index in [-0.39, 0.29) is 18.5 Å². The monoisotopic (exact) mass is 303 g/mol. The first-order chi connectivity index (χ1) is 10.7. The Morgan fingerprint density at radius 1 is 1.45 bits per heavy atom. The minimum Gasteiger partial charge on any atom is -0.464 e. The van der Waals surface area contributed by atoms with E-state index in [9.17, 15) is 4.79 Å². The van der Waals surface area contributed by atoms with Gasteiger partial charge >= 0.3 is 0 Å². The molecule has 0 bridgehead atoms. The standard InChI is InChI=1S/C15H21N5O2/c1-3-12-4-5-14(22-12)13-8-11(2)6-7-20(13)15(21)9-19-10-16-17-18-19/h4-5,10-11,13H,3,6-9H2,1-2H3/t11-,13-/m1/s1. The van der Waals surface area contributed by atoms with Gasteiger partial charge in [-0.15, -0.1) is 5.10 Å². The maximum absolute atomic E-state index is 12.6. The fourth-order valence-corrected chi connectivity index (χ4v) is 2.96. The highest BCUT2D eigenvalue weighted by Gasteiger charge is 2.33. The summed E-state index contributed by atoms with van der Waals surface area (Å²) in [5.41, 5.74) is 0. The molecule has 0 aliphatic carbocycles. The molecule has 1 amide bonds. The van der Waals surface area contributed by atoms with Crippen LogP contribution < -0.4 is 0 Å². The van der Waals surface area contributed by atoms with Crippen LogP contribution in [-0.2, 0) is 17.8 Å². The predicted molar refractivity (Wildman–Crippen MR) is 78.8 cm³/mol. The van der Waals surface area contributed by atoms with Crippen LogP contribution in [0.3, 0.4) is 0 Å². The molecule has 2 atom stereocenters. The van der Waals surface area contributed by atoms with Crippen molar-refractivity contribution >= 4 is 5.91 Å². The van der Waals surface area contributed by atoms with Crippen molar-refractivity contribution in [2.75, 3.05) is 6.54 Å². The van der Waals surface area contributed by atoms with E-state index < -0.39 is 0 Å². The van der Waals surface area contributed by atoms with Crippen LogP contribution in [0.2, 0.25) is 0 Å². The van der Waals surface area contributed by atoms with Crippen molar-refractivity contribution in [3.8, 4) is 0 Å². The first-order valence-corrected chi connectivity index (χ1v) is 7.76. The number of likely N-dealkylation sites (tertiary alicyclic amines) is 1. The molecule has 3 rings (SSSR count). The first-order valence-electron chi connectivity index (χ1n) is 7.76. The minimum absolute atomic E-state index is 0.00744. The van der Waals surface area contributed by atoms with Crippen LogP contribution in [0.1, 0.15) is 44.3 Å². The van der Waals surface area contributed by atoms with Gasteiger partial charge in [0.15, 0.2) is 0 Å². The van der Waals surface area contributed by atoms with Crippen molar-refractivity contribution in [2.45, 2.75) is 45.7 Å². The number of hydrogen-bond donors (Lipinski definition) is 0. The Morgan fingerprint density at radius 2 is 2.32 bits per heavy atom. The molecule has 1 saturated heterocycles. The van der Waals surface area contributed by atoms with Gasteiger partial charge in [-0.3, -0.25) is 4.79 Å². The van der Waals surface area contributed by atoms with Crippen LogP contribution in [-0.4, -0.2) is 37.6 Å². The van der Waals surface area contributed by atoms with Gasteiger partial charge in [-0.25, -0.2) is 4.68 Å². The number of hydrogen-bond acceptors (Lipinski definition) is 5. The second-order valence-corrected chi connectivity index (χ2v) is 5.90. The van der Waals surface area contributed by atoms with E-state index in [0.717, 1.165) is 37.3 Å². The van der Waals surface area contributed by atoms with E-state index in [1.54, 1.807) is 0 Å². The summed E-state index contributed by atoms with van der Waals surface area (Å²) in [5.74, 6) is 2.45. The van der Waals surface area contributed by atoms with E-state index in [1.807, 2.05) is 17.0 Å². The van der Waals surface area contributed by atoms with Crippen molar-refractivity contribution in [3.05, 3.63) is 30.0 Å². The second-order valence-electron chi connectivity index (χ2n) is 5.90. The van der Waals surface area contributed by atoms with E-state index in [1.165, 1.54) is 11.0 Å². The average Bonchev–Trinajstić information content (AvgIpc) is 3.18. The van der Waals surface area contributed by atoms with Crippen LogP contribution in [0, 0.1) is 5.92 Å². The molecule has 7 nitrogen and oxygen atoms in total. The third-order valence-corrected chi connectivity index (χ3v) is 4.23. The summed E-state index contributed by atoms with van der Waals surface area (Å²) in [6.07, 6.45) is 4.26. The molecule has 2 aromatic rings. The van der Waals surface area contributed by atoms with E-state index in [2.05, 4.69) is 29.4 Å². The van der Waals surface area contributed by atoms with Crippen LogP contribution >= 0.6 is 0 Å². The number of tetrazole rings is 1. The average molecular weight is 303 g/mol. The van der Waals surface area contributed by atoms with E-state index in [0.29, 0.717) is 5.92 Å². The summed E-state index contributed by atoms with van der Waals surface area (Å²) < 4.78 is 7.35.